The zero-order valence-electron chi connectivity index (χ0n) is 10.7. The highest BCUT2D eigenvalue weighted by Crippen LogP contribution is 2.27. The molecule has 0 aliphatic carbocycles. The van der Waals surface area contributed by atoms with Gasteiger partial charge < -0.3 is 15.8 Å². The summed E-state index contributed by atoms with van der Waals surface area (Å²) in [6.45, 7) is -0.191. The first-order valence-electron chi connectivity index (χ1n) is 5.88. The van der Waals surface area contributed by atoms with Crippen LogP contribution in [-0.2, 0) is 4.79 Å². The van der Waals surface area contributed by atoms with E-state index in [4.69, 9.17) is 45.3 Å². The molecular weight excluding hydrogens is 335 g/mol. The molecule has 0 bridgehead atoms. The summed E-state index contributed by atoms with van der Waals surface area (Å²) in [6.07, 6.45) is 0. The molecule has 2 rings (SSSR count). The second-order valence-electron chi connectivity index (χ2n) is 4.15. The van der Waals surface area contributed by atoms with Crippen LogP contribution in [0.25, 0.3) is 0 Å². The molecule has 0 aliphatic heterocycles. The third kappa shape index (κ3) is 4.43. The van der Waals surface area contributed by atoms with Gasteiger partial charge in [0.1, 0.15) is 5.75 Å². The zero-order chi connectivity index (χ0) is 15.4. The fourth-order valence-corrected chi connectivity index (χ4v) is 2.13. The Balaban J connectivity index is 1.94. The summed E-state index contributed by atoms with van der Waals surface area (Å²) < 4.78 is 5.32. The van der Waals surface area contributed by atoms with Crippen molar-refractivity contribution < 1.29 is 9.53 Å². The summed E-state index contributed by atoms with van der Waals surface area (Å²) in [5, 5.41) is 3.90. The van der Waals surface area contributed by atoms with Gasteiger partial charge in [-0.2, -0.15) is 0 Å². The number of amides is 1. The molecule has 0 fully saturated rings. The number of hydrogen-bond donors (Lipinski definition) is 2. The second-order valence-corrected chi connectivity index (χ2v) is 5.40. The number of ether oxygens (including phenoxy) is 1. The van der Waals surface area contributed by atoms with Crippen LogP contribution in [-0.4, -0.2) is 12.5 Å². The molecule has 21 heavy (non-hydrogen) atoms. The van der Waals surface area contributed by atoms with E-state index in [0.29, 0.717) is 32.2 Å². The van der Waals surface area contributed by atoms with Crippen LogP contribution in [0.1, 0.15) is 0 Å². The maximum Gasteiger partial charge on any atom is 0.262 e. The highest BCUT2D eigenvalue weighted by Gasteiger charge is 2.07. The van der Waals surface area contributed by atoms with Crippen LogP contribution in [0.15, 0.2) is 36.4 Å². The standard InChI is InChI=1S/C14H11Cl3N2O2/c15-8-1-4-13(11(17)5-8)21-7-14(20)19-9-2-3-10(16)12(18)6-9/h1-6H,7,18H2,(H,19,20). The van der Waals surface area contributed by atoms with E-state index in [9.17, 15) is 4.79 Å². The van der Waals surface area contributed by atoms with Gasteiger partial charge >= 0.3 is 0 Å². The number of rotatable bonds is 4. The molecule has 2 aromatic carbocycles. The molecule has 0 atom stereocenters. The number of carbonyl (C=O) groups excluding carboxylic acids is 1. The van der Waals surface area contributed by atoms with E-state index in [1.54, 1.807) is 30.3 Å². The molecule has 0 aromatic heterocycles. The smallest absolute Gasteiger partial charge is 0.262 e. The Morgan fingerprint density at radius 2 is 1.86 bits per heavy atom. The molecule has 0 unspecified atom stereocenters. The number of nitrogen functional groups attached to an aromatic ring is 1. The van der Waals surface area contributed by atoms with Crippen LogP contribution in [0.5, 0.6) is 5.75 Å². The topological polar surface area (TPSA) is 64.3 Å². The van der Waals surface area contributed by atoms with Crippen LogP contribution in [0.2, 0.25) is 15.1 Å². The van der Waals surface area contributed by atoms with Gasteiger partial charge in [0.15, 0.2) is 6.61 Å². The molecule has 0 spiro atoms. The average molecular weight is 346 g/mol. The Morgan fingerprint density at radius 3 is 2.52 bits per heavy atom. The Bertz CT molecular complexity index is 677. The lowest BCUT2D eigenvalue weighted by atomic mass is 10.3. The third-order valence-electron chi connectivity index (χ3n) is 2.53. The fraction of sp³-hybridized carbons (Fsp3) is 0.0714. The third-order valence-corrected chi connectivity index (χ3v) is 3.41. The fourth-order valence-electron chi connectivity index (χ4n) is 1.55. The predicted octanol–water partition coefficient (Wildman–Crippen LogP) is 4.25. The van der Waals surface area contributed by atoms with Gasteiger partial charge in [0.05, 0.1) is 15.7 Å². The first kappa shape index (κ1) is 15.8. The number of carbonyl (C=O) groups is 1. The summed E-state index contributed by atoms with van der Waals surface area (Å²) in [6, 6.07) is 9.57. The number of nitrogens with two attached hydrogens (primary N) is 1. The Hall–Kier alpha value is -1.62. The molecule has 0 radical (unpaired) electrons. The van der Waals surface area contributed by atoms with Crippen molar-refractivity contribution in [2.75, 3.05) is 17.7 Å². The van der Waals surface area contributed by atoms with Gasteiger partial charge in [0, 0.05) is 10.7 Å². The van der Waals surface area contributed by atoms with E-state index in [1.807, 2.05) is 0 Å². The summed E-state index contributed by atoms with van der Waals surface area (Å²) in [4.78, 5) is 11.8. The van der Waals surface area contributed by atoms with Crippen molar-refractivity contribution >= 4 is 52.1 Å². The van der Waals surface area contributed by atoms with E-state index < -0.39 is 0 Å². The number of anilines is 2. The van der Waals surface area contributed by atoms with Gasteiger partial charge in [0.2, 0.25) is 0 Å². The molecule has 110 valence electrons. The number of halogens is 3. The molecule has 4 nitrogen and oxygen atoms in total. The van der Waals surface area contributed by atoms with Crippen molar-refractivity contribution in [3.05, 3.63) is 51.5 Å². The normalized spacial score (nSPS) is 10.2. The predicted molar refractivity (Wildman–Crippen MR) is 86.5 cm³/mol. The first-order valence-corrected chi connectivity index (χ1v) is 7.02. The van der Waals surface area contributed by atoms with Crippen LogP contribution in [0.4, 0.5) is 11.4 Å². The Kier molecular flexibility index (Phi) is 5.17. The number of nitrogens with one attached hydrogen (secondary N) is 1. The van der Waals surface area contributed by atoms with Crippen LogP contribution < -0.4 is 15.8 Å². The van der Waals surface area contributed by atoms with Crippen molar-refractivity contribution in [3.63, 3.8) is 0 Å². The molecular formula is C14H11Cl3N2O2. The molecule has 0 aliphatic rings. The maximum absolute atomic E-state index is 11.8. The molecule has 0 saturated heterocycles. The molecule has 2 aromatic rings. The number of benzene rings is 2. The van der Waals surface area contributed by atoms with Crippen molar-refractivity contribution in [1.29, 1.82) is 0 Å². The van der Waals surface area contributed by atoms with Gasteiger partial charge in [-0.05, 0) is 36.4 Å². The van der Waals surface area contributed by atoms with E-state index in [-0.39, 0.29) is 12.5 Å². The summed E-state index contributed by atoms with van der Waals surface area (Å²) in [5.41, 5.74) is 6.57. The summed E-state index contributed by atoms with van der Waals surface area (Å²) in [7, 11) is 0. The van der Waals surface area contributed by atoms with Crippen LogP contribution >= 0.6 is 34.8 Å². The number of hydrogen-bond acceptors (Lipinski definition) is 3. The van der Waals surface area contributed by atoms with Crippen molar-refractivity contribution in [3.8, 4) is 5.75 Å². The van der Waals surface area contributed by atoms with Crippen LogP contribution in [0.3, 0.4) is 0 Å². The highest BCUT2D eigenvalue weighted by molar-refractivity contribution is 6.35. The minimum Gasteiger partial charge on any atom is -0.482 e. The molecule has 0 saturated carbocycles. The summed E-state index contributed by atoms with van der Waals surface area (Å²) >= 11 is 17.5. The molecule has 3 N–H and O–H groups in total. The van der Waals surface area contributed by atoms with E-state index in [2.05, 4.69) is 5.32 Å². The van der Waals surface area contributed by atoms with Crippen molar-refractivity contribution in [1.82, 2.24) is 0 Å². The SMILES string of the molecule is Nc1cc(NC(=O)COc2ccc(Cl)cc2Cl)ccc1Cl. The minimum atomic E-state index is -0.345. The van der Waals surface area contributed by atoms with E-state index >= 15 is 0 Å². The van der Waals surface area contributed by atoms with Gasteiger partial charge in [-0.1, -0.05) is 34.8 Å². The maximum atomic E-state index is 11.8. The lowest BCUT2D eigenvalue weighted by Crippen LogP contribution is -2.20. The average Bonchev–Trinajstić information content (AvgIpc) is 2.42. The zero-order valence-corrected chi connectivity index (χ0v) is 13.0. The van der Waals surface area contributed by atoms with Crippen molar-refractivity contribution in [2.45, 2.75) is 0 Å². The molecule has 1 amide bonds. The largest absolute Gasteiger partial charge is 0.482 e. The lowest BCUT2D eigenvalue weighted by molar-refractivity contribution is -0.118. The second kappa shape index (κ2) is 6.89. The van der Waals surface area contributed by atoms with Crippen LogP contribution in [0, 0.1) is 0 Å². The van der Waals surface area contributed by atoms with Gasteiger partial charge in [-0.25, -0.2) is 0 Å². The highest BCUT2D eigenvalue weighted by atomic mass is 35.5. The van der Waals surface area contributed by atoms with Gasteiger partial charge in [-0.3, -0.25) is 4.79 Å². The van der Waals surface area contributed by atoms with Gasteiger partial charge in [0.25, 0.3) is 5.91 Å². The first-order chi connectivity index (χ1) is 9.95. The molecule has 0 heterocycles. The monoisotopic (exact) mass is 344 g/mol. The minimum absolute atomic E-state index is 0.191. The summed E-state index contributed by atoms with van der Waals surface area (Å²) in [5.74, 6) is 0.0366. The van der Waals surface area contributed by atoms with E-state index in [1.165, 1.54) is 6.07 Å². The van der Waals surface area contributed by atoms with Gasteiger partial charge in [-0.15, -0.1) is 0 Å². The Labute approximate surface area is 136 Å². The lowest BCUT2D eigenvalue weighted by Gasteiger charge is -2.09. The Morgan fingerprint density at radius 1 is 1.10 bits per heavy atom. The van der Waals surface area contributed by atoms with Crippen molar-refractivity contribution in [2.24, 2.45) is 0 Å². The quantitative estimate of drug-likeness (QED) is 0.814. The van der Waals surface area contributed by atoms with E-state index in [0.717, 1.165) is 0 Å². The molecule has 7 heteroatoms.